The van der Waals surface area contributed by atoms with E-state index in [2.05, 4.69) is 5.32 Å². The Labute approximate surface area is 178 Å². The monoisotopic (exact) mass is 430 g/mol. The Morgan fingerprint density at radius 2 is 1.83 bits per heavy atom. The Morgan fingerprint density at radius 1 is 1.13 bits per heavy atom. The highest BCUT2D eigenvalue weighted by atomic mass is 32.2. The molecule has 0 bridgehead atoms. The SMILES string of the molecule is CCNC(=NCc1ccc(Cn2ccccc2=O)cc1)N1CCS(=O)(=O)C(C)(C)C1. The van der Waals surface area contributed by atoms with Gasteiger partial charge in [0.25, 0.3) is 5.56 Å². The number of pyridine rings is 1. The standard InChI is InChI=1S/C22H30N4O3S/c1-4-23-21(26-13-14-30(28,29)22(2,3)17-26)24-15-18-8-10-19(11-9-18)16-25-12-6-5-7-20(25)27/h5-12H,4,13-17H2,1-3H3,(H,23,24). The van der Waals surface area contributed by atoms with Gasteiger partial charge in [-0.1, -0.05) is 30.3 Å². The van der Waals surface area contributed by atoms with Gasteiger partial charge >= 0.3 is 0 Å². The maximum absolute atomic E-state index is 12.3. The van der Waals surface area contributed by atoms with Crippen LogP contribution < -0.4 is 10.9 Å². The van der Waals surface area contributed by atoms with Crippen LogP contribution in [0.3, 0.4) is 0 Å². The van der Waals surface area contributed by atoms with E-state index in [0.29, 0.717) is 32.7 Å². The Bertz CT molecular complexity index is 1060. The van der Waals surface area contributed by atoms with Gasteiger partial charge in [-0.25, -0.2) is 13.4 Å². The number of rotatable bonds is 5. The minimum Gasteiger partial charge on any atom is -0.357 e. The molecule has 0 spiro atoms. The minimum atomic E-state index is -3.09. The third-order valence-electron chi connectivity index (χ3n) is 5.36. The Morgan fingerprint density at radius 3 is 2.47 bits per heavy atom. The molecule has 7 nitrogen and oxygen atoms in total. The van der Waals surface area contributed by atoms with Crippen molar-refractivity contribution in [1.29, 1.82) is 0 Å². The third-order valence-corrected chi connectivity index (χ3v) is 7.90. The number of hydrogen-bond acceptors (Lipinski definition) is 4. The molecule has 1 aromatic carbocycles. The number of hydrogen-bond donors (Lipinski definition) is 1. The van der Waals surface area contributed by atoms with Crippen LogP contribution in [0.1, 0.15) is 31.9 Å². The average molecular weight is 431 g/mol. The number of nitrogens with zero attached hydrogens (tertiary/aromatic N) is 3. The summed E-state index contributed by atoms with van der Waals surface area (Å²) in [6.07, 6.45) is 1.78. The van der Waals surface area contributed by atoms with Crippen molar-refractivity contribution in [2.75, 3.05) is 25.4 Å². The highest BCUT2D eigenvalue weighted by molar-refractivity contribution is 7.92. The van der Waals surface area contributed by atoms with E-state index in [1.807, 2.05) is 42.2 Å². The van der Waals surface area contributed by atoms with Crippen molar-refractivity contribution in [3.8, 4) is 0 Å². The fourth-order valence-corrected chi connectivity index (χ4v) is 4.82. The smallest absolute Gasteiger partial charge is 0.250 e. The summed E-state index contributed by atoms with van der Waals surface area (Å²) in [5.74, 6) is 0.873. The van der Waals surface area contributed by atoms with Gasteiger partial charge in [-0.2, -0.15) is 0 Å². The molecule has 0 aliphatic carbocycles. The summed E-state index contributed by atoms with van der Waals surface area (Å²) in [6.45, 7) is 8.16. The van der Waals surface area contributed by atoms with Crippen LogP contribution in [0.5, 0.6) is 0 Å². The molecule has 0 radical (unpaired) electrons. The number of aliphatic imine (C=N–C) groups is 1. The molecule has 1 aliphatic heterocycles. The summed E-state index contributed by atoms with van der Waals surface area (Å²) < 4.78 is 25.4. The van der Waals surface area contributed by atoms with Crippen molar-refractivity contribution in [3.05, 3.63) is 70.1 Å². The second-order valence-corrected chi connectivity index (χ2v) is 10.9. The second kappa shape index (κ2) is 9.04. The first-order valence-corrected chi connectivity index (χ1v) is 11.9. The van der Waals surface area contributed by atoms with Crippen LogP contribution in [0.25, 0.3) is 0 Å². The number of benzene rings is 1. The molecule has 162 valence electrons. The molecule has 0 saturated carbocycles. The van der Waals surface area contributed by atoms with E-state index in [4.69, 9.17) is 4.99 Å². The fraction of sp³-hybridized carbons (Fsp3) is 0.455. The molecule has 30 heavy (non-hydrogen) atoms. The predicted octanol–water partition coefficient (Wildman–Crippen LogP) is 1.87. The van der Waals surface area contributed by atoms with Crippen molar-refractivity contribution < 1.29 is 8.42 Å². The first kappa shape index (κ1) is 22.1. The Kier molecular flexibility index (Phi) is 6.65. The molecule has 0 amide bonds. The minimum absolute atomic E-state index is 0.0204. The molecule has 8 heteroatoms. The highest BCUT2D eigenvalue weighted by Crippen LogP contribution is 2.23. The summed E-state index contributed by atoms with van der Waals surface area (Å²) >= 11 is 0. The zero-order chi connectivity index (χ0) is 21.8. The zero-order valence-electron chi connectivity index (χ0n) is 17.8. The summed E-state index contributed by atoms with van der Waals surface area (Å²) in [4.78, 5) is 18.6. The molecule has 1 aliphatic rings. The van der Waals surface area contributed by atoms with E-state index in [1.54, 1.807) is 36.7 Å². The van der Waals surface area contributed by atoms with E-state index >= 15 is 0 Å². The van der Waals surface area contributed by atoms with Gasteiger partial charge in [0, 0.05) is 31.9 Å². The molecule has 1 aromatic heterocycles. The summed E-state index contributed by atoms with van der Waals surface area (Å²) in [5.41, 5.74) is 2.08. The first-order valence-electron chi connectivity index (χ1n) is 10.2. The van der Waals surface area contributed by atoms with E-state index in [-0.39, 0.29) is 11.3 Å². The Balaban J connectivity index is 1.69. The van der Waals surface area contributed by atoms with Crippen LogP contribution in [0.15, 0.2) is 58.4 Å². The van der Waals surface area contributed by atoms with Gasteiger partial charge in [0.15, 0.2) is 15.8 Å². The van der Waals surface area contributed by atoms with Gasteiger partial charge in [0.2, 0.25) is 0 Å². The lowest BCUT2D eigenvalue weighted by atomic mass is 10.1. The van der Waals surface area contributed by atoms with E-state index in [9.17, 15) is 13.2 Å². The molecule has 2 aromatic rings. The van der Waals surface area contributed by atoms with Gasteiger partial charge in [-0.05, 0) is 38.0 Å². The van der Waals surface area contributed by atoms with Crippen LogP contribution >= 0.6 is 0 Å². The predicted molar refractivity (Wildman–Crippen MR) is 121 cm³/mol. The van der Waals surface area contributed by atoms with Crippen LogP contribution in [-0.2, 0) is 22.9 Å². The molecule has 1 N–H and O–H groups in total. The lowest BCUT2D eigenvalue weighted by Crippen LogP contribution is -2.57. The molecular formula is C22H30N4O3S. The van der Waals surface area contributed by atoms with Crippen molar-refractivity contribution >= 4 is 15.8 Å². The van der Waals surface area contributed by atoms with Gasteiger partial charge in [-0.15, -0.1) is 0 Å². The normalized spacial score (nSPS) is 18.2. The second-order valence-electron chi connectivity index (χ2n) is 8.15. The van der Waals surface area contributed by atoms with Crippen molar-refractivity contribution in [3.63, 3.8) is 0 Å². The van der Waals surface area contributed by atoms with Crippen LogP contribution in [-0.4, -0.2) is 54.0 Å². The first-order chi connectivity index (χ1) is 14.2. The number of sulfone groups is 1. The van der Waals surface area contributed by atoms with E-state index in [1.165, 1.54) is 0 Å². The fourth-order valence-electron chi connectivity index (χ4n) is 3.45. The average Bonchev–Trinajstić information content (AvgIpc) is 2.70. The van der Waals surface area contributed by atoms with Crippen molar-refractivity contribution in [2.45, 2.75) is 38.6 Å². The van der Waals surface area contributed by atoms with Gasteiger partial charge in [0.05, 0.1) is 23.6 Å². The summed E-state index contributed by atoms with van der Waals surface area (Å²) in [7, 11) is -3.09. The lowest BCUT2D eigenvalue weighted by Gasteiger charge is -2.39. The lowest BCUT2D eigenvalue weighted by molar-refractivity contribution is 0.353. The van der Waals surface area contributed by atoms with Crippen LogP contribution in [0, 0.1) is 0 Å². The molecule has 3 rings (SSSR count). The quantitative estimate of drug-likeness (QED) is 0.578. The molecule has 1 fully saturated rings. The van der Waals surface area contributed by atoms with Crippen molar-refractivity contribution in [2.24, 2.45) is 4.99 Å². The molecular weight excluding hydrogens is 400 g/mol. The number of guanidine groups is 1. The number of aromatic nitrogens is 1. The number of nitrogens with one attached hydrogen (secondary N) is 1. The van der Waals surface area contributed by atoms with E-state index in [0.717, 1.165) is 17.1 Å². The molecule has 1 saturated heterocycles. The van der Waals surface area contributed by atoms with E-state index < -0.39 is 14.6 Å². The maximum Gasteiger partial charge on any atom is 0.250 e. The van der Waals surface area contributed by atoms with Crippen LogP contribution in [0.2, 0.25) is 0 Å². The molecule has 0 atom stereocenters. The van der Waals surface area contributed by atoms with Gasteiger partial charge in [0.1, 0.15) is 0 Å². The topological polar surface area (TPSA) is 83.8 Å². The summed E-state index contributed by atoms with van der Waals surface area (Å²) in [6, 6.07) is 13.2. The Hall–Kier alpha value is -2.61. The molecule has 2 heterocycles. The maximum atomic E-state index is 12.3. The largest absolute Gasteiger partial charge is 0.357 e. The third kappa shape index (κ3) is 5.11. The molecule has 0 unspecified atom stereocenters. The zero-order valence-corrected chi connectivity index (χ0v) is 18.7. The highest BCUT2D eigenvalue weighted by Gasteiger charge is 2.40. The van der Waals surface area contributed by atoms with Gasteiger partial charge < -0.3 is 14.8 Å². The van der Waals surface area contributed by atoms with Crippen LogP contribution in [0.4, 0.5) is 0 Å². The summed E-state index contributed by atoms with van der Waals surface area (Å²) in [5, 5.41) is 3.28. The van der Waals surface area contributed by atoms with Crippen molar-refractivity contribution in [1.82, 2.24) is 14.8 Å². The van der Waals surface area contributed by atoms with Gasteiger partial charge in [-0.3, -0.25) is 4.79 Å².